The minimum atomic E-state index is -0.370. The summed E-state index contributed by atoms with van der Waals surface area (Å²) < 4.78 is 0. The lowest BCUT2D eigenvalue weighted by Crippen LogP contribution is -2.70. The maximum absolute atomic E-state index is 13.0. The molecule has 0 aromatic rings. The van der Waals surface area contributed by atoms with E-state index in [4.69, 9.17) is 0 Å². The minimum Gasteiger partial charge on any atom is -0.342 e. The molecule has 0 bridgehead atoms. The van der Waals surface area contributed by atoms with E-state index in [9.17, 15) is 9.59 Å². The second-order valence-electron chi connectivity index (χ2n) is 7.29. The predicted octanol–water partition coefficient (Wildman–Crippen LogP) is 2.96. The summed E-state index contributed by atoms with van der Waals surface area (Å²) in [5.41, 5.74) is -0.251. The number of amides is 2. The smallest absolute Gasteiger partial charge is 0.246 e. The van der Waals surface area contributed by atoms with E-state index >= 15 is 0 Å². The van der Waals surface area contributed by atoms with Crippen molar-refractivity contribution in [2.24, 2.45) is 11.8 Å². The summed E-state index contributed by atoms with van der Waals surface area (Å²) in [6, 6.07) is -0.726. The monoisotopic (exact) mass is 296 g/mol. The number of hydrogen-bond donors (Lipinski definition) is 1. The molecule has 2 atom stereocenters. The van der Waals surface area contributed by atoms with Gasteiger partial charge in [-0.25, -0.2) is 0 Å². The van der Waals surface area contributed by atoms with Crippen molar-refractivity contribution in [3.8, 4) is 0 Å². The van der Waals surface area contributed by atoms with E-state index in [1.165, 1.54) is 0 Å². The molecule has 0 aromatic heterocycles. The van der Waals surface area contributed by atoms with Gasteiger partial charge in [0.05, 0.1) is 0 Å². The Hall–Kier alpha value is -1.06. The Morgan fingerprint density at radius 2 is 1.67 bits per heavy atom. The molecule has 2 unspecified atom stereocenters. The molecule has 1 saturated heterocycles. The van der Waals surface area contributed by atoms with Gasteiger partial charge in [0.2, 0.25) is 11.8 Å². The van der Waals surface area contributed by atoms with E-state index in [1.807, 2.05) is 18.7 Å². The number of carbonyl (C=O) groups is 2. The third-order valence-electron chi connectivity index (χ3n) is 4.84. The van der Waals surface area contributed by atoms with Gasteiger partial charge in [-0.1, -0.05) is 41.5 Å². The fraction of sp³-hybridized carbons (Fsp3) is 0.882. The van der Waals surface area contributed by atoms with Crippen LogP contribution < -0.4 is 5.32 Å². The standard InChI is InChI=1S/C17H32N2O2/c1-8-17(7,9-2)19-14(12(5)6)15(20)18-13(16(19)21)10-11(3)4/h11-14H,8-10H2,1-7H3,(H,18,20). The molecule has 4 heteroatoms. The van der Waals surface area contributed by atoms with Gasteiger partial charge in [-0.2, -0.15) is 0 Å². The number of carbonyl (C=O) groups excluding carboxylic acids is 2. The largest absolute Gasteiger partial charge is 0.342 e. The molecule has 0 radical (unpaired) electrons. The fourth-order valence-electron chi connectivity index (χ4n) is 3.17. The lowest BCUT2D eigenvalue weighted by molar-refractivity contribution is -0.159. The average Bonchev–Trinajstić information content (AvgIpc) is 2.40. The van der Waals surface area contributed by atoms with Crippen LogP contribution in [0.25, 0.3) is 0 Å². The molecule has 1 N–H and O–H groups in total. The third-order valence-corrected chi connectivity index (χ3v) is 4.84. The first-order valence-corrected chi connectivity index (χ1v) is 8.31. The first-order chi connectivity index (χ1) is 9.67. The zero-order valence-corrected chi connectivity index (χ0v) is 14.7. The van der Waals surface area contributed by atoms with Crippen molar-refractivity contribution in [2.75, 3.05) is 0 Å². The summed E-state index contributed by atoms with van der Waals surface area (Å²) in [4.78, 5) is 27.4. The molecule has 0 aliphatic carbocycles. The summed E-state index contributed by atoms with van der Waals surface area (Å²) >= 11 is 0. The molecule has 1 heterocycles. The van der Waals surface area contributed by atoms with Crippen molar-refractivity contribution in [2.45, 2.75) is 85.4 Å². The van der Waals surface area contributed by atoms with Gasteiger partial charge in [0.1, 0.15) is 12.1 Å². The molecule has 0 saturated carbocycles. The highest BCUT2D eigenvalue weighted by Crippen LogP contribution is 2.32. The molecule has 1 fully saturated rings. The maximum Gasteiger partial charge on any atom is 0.246 e. The molecule has 21 heavy (non-hydrogen) atoms. The molecule has 0 spiro atoms. The average molecular weight is 296 g/mol. The van der Waals surface area contributed by atoms with Crippen LogP contribution in [0.1, 0.15) is 67.7 Å². The molecule has 1 aliphatic heterocycles. The van der Waals surface area contributed by atoms with Crippen molar-refractivity contribution >= 4 is 11.8 Å². The summed E-state index contributed by atoms with van der Waals surface area (Å²) in [6.07, 6.45) is 2.43. The second-order valence-corrected chi connectivity index (χ2v) is 7.29. The van der Waals surface area contributed by atoms with Crippen LogP contribution >= 0.6 is 0 Å². The lowest BCUT2D eigenvalue weighted by Gasteiger charge is -2.50. The molecule has 1 aliphatic rings. The zero-order valence-electron chi connectivity index (χ0n) is 14.7. The molecule has 1 rings (SSSR count). The van der Waals surface area contributed by atoms with E-state index in [1.54, 1.807) is 0 Å². The Morgan fingerprint density at radius 3 is 2.05 bits per heavy atom. The molecule has 2 amide bonds. The van der Waals surface area contributed by atoms with Crippen LogP contribution in [-0.2, 0) is 9.59 Å². The molecular weight excluding hydrogens is 264 g/mol. The molecule has 122 valence electrons. The van der Waals surface area contributed by atoms with Crippen LogP contribution in [0.4, 0.5) is 0 Å². The van der Waals surface area contributed by atoms with Gasteiger partial charge in [0.15, 0.2) is 0 Å². The Kier molecular flexibility index (Phi) is 5.83. The van der Waals surface area contributed by atoms with Crippen LogP contribution in [0.3, 0.4) is 0 Å². The van der Waals surface area contributed by atoms with E-state index in [2.05, 4.69) is 39.9 Å². The Morgan fingerprint density at radius 1 is 1.14 bits per heavy atom. The lowest BCUT2D eigenvalue weighted by atomic mass is 9.84. The van der Waals surface area contributed by atoms with E-state index in [0.717, 1.165) is 12.8 Å². The van der Waals surface area contributed by atoms with Gasteiger partial charge < -0.3 is 10.2 Å². The van der Waals surface area contributed by atoms with Crippen LogP contribution in [0, 0.1) is 11.8 Å². The summed E-state index contributed by atoms with van der Waals surface area (Å²) in [5.74, 6) is 0.592. The maximum atomic E-state index is 13.0. The van der Waals surface area contributed by atoms with Crippen molar-refractivity contribution in [1.29, 1.82) is 0 Å². The van der Waals surface area contributed by atoms with Crippen molar-refractivity contribution in [3.63, 3.8) is 0 Å². The summed E-state index contributed by atoms with van der Waals surface area (Å²) in [7, 11) is 0. The van der Waals surface area contributed by atoms with E-state index in [-0.39, 0.29) is 35.4 Å². The van der Waals surface area contributed by atoms with Crippen molar-refractivity contribution < 1.29 is 9.59 Å². The van der Waals surface area contributed by atoms with Crippen molar-refractivity contribution in [1.82, 2.24) is 10.2 Å². The first-order valence-electron chi connectivity index (χ1n) is 8.31. The topological polar surface area (TPSA) is 49.4 Å². The molecule has 4 nitrogen and oxygen atoms in total. The Bertz CT molecular complexity index is 386. The predicted molar refractivity (Wildman–Crippen MR) is 85.8 cm³/mol. The van der Waals surface area contributed by atoms with Crippen LogP contribution in [0.2, 0.25) is 0 Å². The summed E-state index contributed by atoms with van der Waals surface area (Å²) in [5, 5.41) is 2.95. The highest BCUT2D eigenvalue weighted by atomic mass is 16.2. The number of rotatable bonds is 6. The van der Waals surface area contributed by atoms with Gasteiger partial charge in [-0.15, -0.1) is 0 Å². The van der Waals surface area contributed by atoms with E-state index in [0.29, 0.717) is 12.3 Å². The van der Waals surface area contributed by atoms with Gasteiger partial charge in [0.25, 0.3) is 0 Å². The SMILES string of the molecule is CCC(C)(CC)N1C(=O)C(CC(C)C)NC(=O)C1C(C)C. The summed E-state index contributed by atoms with van der Waals surface area (Å²) in [6.45, 7) is 14.5. The van der Waals surface area contributed by atoms with Crippen LogP contribution in [0.5, 0.6) is 0 Å². The third kappa shape index (κ3) is 3.58. The Labute approximate surface area is 129 Å². The van der Waals surface area contributed by atoms with Crippen molar-refractivity contribution in [3.05, 3.63) is 0 Å². The normalized spacial score (nSPS) is 24.0. The zero-order chi connectivity index (χ0) is 16.4. The highest BCUT2D eigenvalue weighted by Gasteiger charge is 2.48. The second kappa shape index (κ2) is 6.80. The quantitative estimate of drug-likeness (QED) is 0.819. The molecular formula is C17H32N2O2. The van der Waals surface area contributed by atoms with Crippen LogP contribution in [0.15, 0.2) is 0 Å². The minimum absolute atomic E-state index is 0.00313. The first kappa shape index (κ1) is 18.0. The van der Waals surface area contributed by atoms with Gasteiger partial charge >= 0.3 is 0 Å². The van der Waals surface area contributed by atoms with Crippen LogP contribution in [-0.4, -0.2) is 34.3 Å². The Balaban J connectivity index is 3.21. The number of nitrogens with one attached hydrogen (secondary N) is 1. The molecule has 0 aromatic carbocycles. The number of piperazine rings is 1. The number of hydrogen-bond acceptors (Lipinski definition) is 2. The van der Waals surface area contributed by atoms with Gasteiger partial charge in [0, 0.05) is 5.54 Å². The van der Waals surface area contributed by atoms with E-state index < -0.39 is 0 Å². The number of nitrogens with zero attached hydrogens (tertiary/aromatic N) is 1. The highest BCUT2D eigenvalue weighted by molar-refractivity contribution is 5.97. The fourth-order valence-corrected chi connectivity index (χ4v) is 3.17. The van der Waals surface area contributed by atoms with Gasteiger partial charge in [-0.05, 0) is 38.0 Å². The van der Waals surface area contributed by atoms with Gasteiger partial charge in [-0.3, -0.25) is 9.59 Å².